The van der Waals surface area contributed by atoms with Crippen molar-refractivity contribution in [1.82, 2.24) is 20.2 Å². The second-order valence-corrected chi connectivity index (χ2v) is 8.22. The lowest BCUT2D eigenvalue weighted by Crippen LogP contribution is -2.47. The summed E-state index contributed by atoms with van der Waals surface area (Å²) in [5.41, 5.74) is 2.84. The van der Waals surface area contributed by atoms with Gasteiger partial charge in [0, 0.05) is 51.5 Å². The van der Waals surface area contributed by atoms with Crippen LogP contribution in [0.3, 0.4) is 0 Å². The lowest BCUT2D eigenvalue weighted by molar-refractivity contribution is 0.0946. The summed E-state index contributed by atoms with van der Waals surface area (Å²) >= 11 is 6.17. The van der Waals surface area contributed by atoms with Crippen LogP contribution >= 0.6 is 11.6 Å². The molecule has 0 spiro atoms. The number of carbonyl (C=O) groups is 1. The van der Waals surface area contributed by atoms with Crippen LogP contribution < -0.4 is 15.1 Å². The second-order valence-electron chi connectivity index (χ2n) is 7.82. The highest BCUT2D eigenvalue weighted by atomic mass is 35.5. The van der Waals surface area contributed by atoms with Crippen molar-refractivity contribution in [3.05, 3.63) is 46.7 Å². The van der Waals surface area contributed by atoms with Gasteiger partial charge in [0.15, 0.2) is 5.69 Å². The van der Waals surface area contributed by atoms with Crippen LogP contribution in [0.1, 0.15) is 36.3 Å². The molecule has 0 aliphatic carbocycles. The lowest BCUT2D eigenvalue weighted by Gasteiger charge is -2.36. The number of aryl methyl sites for hydroxylation is 1. The Labute approximate surface area is 190 Å². The molecular weight excluding hydrogens is 412 g/mol. The number of nitrogens with zero attached hydrogens (tertiary/aromatic N) is 5. The number of rotatable bonds is 9. The van der Waals surface area contributed by atoms with E-state index in [4.69, 9.17) is 11.6 Å². The number of benzene rings is 1. The fourth-order valence-corrected chi connectivity index (χ4v) is 4.00. The van der Waals surface area contributed by atoms with E-state index in [1.54, 1.807) is 0 Å². The summed E-state index contributed by atoms with van der Waals surface area (Å²) in [6.45, 7) is 13.4. The Morgan fingerprint density at radius 2 is 1.94 bits per heavy atom. The van der Waals surface area contributed by atoms with Crippen LogP contribution in [-0.4, -0.2) is 73.1 Å². The van der Waals surface area contributed by atoms with Crippen LogP contribution in [-0.2, 0) is 0 Å². The quantitative estimate of drug-likeness (QED) is 0.599. The molecule has 1 aromatic carbocycles. The van der Waals surface area contributed by atoms with Crippen molar-refractivity contribution in [2.45, 2.75) is 27.2 Å². The number of amides is 1. The second kappa shape index (κ2) is 11.3. The van der Waals surface area contributed by atoms with Gasteiger partial charge in [-0.15, -0.1) is 0 Å². The largest absolute Gasteiger partial charge is 0.369 e. The van der Waals surface area contributed by atoms with E-state index in [2.05, 4.69) is 56.3 Å². The Hall–Kier alpha value is -2.38. The van der Waals surface area contributed by atoms with Gasteiger partial charge in [0.2, 0.25) is 5.95 Å². The number of hydrogen-bond donors (Lipinski definition) is 1. The molecule has 1 fully saturated rings. The van der Waals surface area contributed by atoms with Gasteiger partial charge in [-0.25, -0.2) is 9.97 Å². The molecule has 0 atom stereocenters. The van der Waals surface area contributed by atoms with E-state index in [1.807, 2.05) is 18.7 Å². The minimum atomic E-state index is -0.245. The van der Waals surface area contributed by atoms with E-state index in [-0.39, 0.29) is 16.6 Å². The standard InChI is InChI=1S/C23H33ClN6O/c1-4-29(5-2)23-26-17-20(24)21(27-23)22(31)25-10-7-11-28-12-14-30(15-13-28)19-9-6-8-18(3)16-19/h6,8-9,16-17H,4-5,7,10-15H2,1-3H3,(H,25,31). The number of aromatic nitrogens is 2. The monoisotopic (exact) mass is 444 g/mol. The average Bonchev–Trinajstić information content (AvgIpc) is 2.79. The molecule has 0 bridgehead atoms. The van der Waals surface area contributed by atoms with Crippen molar-refractivity contribution in [1.29, 1.82) is 0 Å². The molecule has 8 heteroatoms. The van der Waals surface area contributed by atoms with Crippen molar-refractivity contribution < 1.29 is 4.79 Å². The maximum atomic E-state index is 12.6. The van der Waals surface area contributed by atoms with Gasteiger partial charge >= 0.3 is 0 Å². The van der Waals surface area contributed by atoms with Gasteiger partial charge in [0.1, 0.15) is 0 Å². The van der Waals surface area contributed by atoms with Gasteiger partial charge in [-0.3, -0.25) is 9.69 Å². The lowest BCUT2D eigenvalue weighted by atomic mass is 10.2. The minimum Gasteiger partial charge on any atom is -0.369 e. The Kier molecular flexibility index (Phi) is 8.49. The number of carbonyl (C=O) groups excluding carboxylic acids is 1. The number of piperazine rings is 1. The van der Waals surface area contributed by atoms with E-state index in [1.165, 1.54) is 17.4 Å². The summed E-state index contributed by atoms with van der Waals surface area (Å²) in [5.74, 6) is 0.288. The van der Waals surface area contributed by atoms with Crippen molar-refractivity contribution in [2.75, 3.05) is 62.2 Å². The Bertz CT molecular complexity index is 865. The maximum Gasteiger partial charge on any atom is 0.271 e. The smallest absolute Gasteiger partial charge is 0.271 e. The highest BCUT2D eigenvalue weighted by Gasteiger charge is 2.18. The van der Waals surface area contributed by atoms with E-state index < -0.39 is 0 Å². The molecular formula is C23H33ClN6O. The summed E-state index contributed by atoms with van der Waals surface area (Å²) in [6, 6.07) is 8.68. The molecule has 0 radical (unpaired) electrons. The zero-order valence-corrected chi connectivity index (χ0v) is 19.5. The van der Waals surface area contributed by atoms with Gasteiger partial charge < -0.3 is 15.1 Å². The van der Waals surface area contributed by atoms with Crippen LogP contribution in [0, 0.1) is 6.92 Å². The first-order valence-electron chi connectivity index (χ1n) is 11.1. The van der Waals surface area contributed by atoms with Crippen LogP contribution in [0.25, 0.3) is 0 Å². The number of nitrogens with one attached hydrogen (secondary N) is 1. The minimum absolute atomic E-state index is 0.241. The molecule has 1 amide bonds. The summed E-state index contributed by atoms with van der Waals surface area (Å²) in [5, 5.41) is 3.23. The fraction of sp³-hybridized carbons (Fsp3) is 0.522. The Morgan fingerprint density at radius 3 is 2.61 bits per heavy atom. The van der Waals surface area contributed by atoms with Gasteiger partial charge in [0.05, 0.1) is 11.2 Å². The summed E-state index contributed by atoms with van der Waals surface area (Å²) in [4.78, 5) is 28.1. The van der Waals surface area contributed by atoms with Gasteiger partial charge in [-0.2, -0.15) is 0 Å². The molecule has 3 rings (SSSR count). The third-order valence-corrected chi connectivity index (χ3v) is 5.95. The van der Waals surface area contributed by atoms with E-state index in [0.29, 0.717) is 12.5 Å². The molecule has 2 aromatic rings. The van der Waals surface area contributed by atoms with E-state index >= 15 is 0 Å². The summed E-state index contributed by atoms with van der Waals surface area (Å²) in [7, 11) is 0. The zero-order valence-electron chi connectivity index (χ0n) is 18.8. The van der Waals surface area contributed by atoms with Crippen molar-refractivity contribution in [2.24, 2.45) is 0 Å². The van der Waals surface area contributed by atoms with Crippen LogP contribution in [0.5, 0.6) is 0 Å². The molecule has 0 unspecified atom stereocenters. The maximum absolute atomic E-state index is 12.6. The van der Waals surface area contributed by atoms with Crippen LogP contribution in [0.15, 0.2) is 30.5 Å². The molecule has 1 aromatic heterocycles. The SMILES string of the molecule is CCN(CC)c1ncc(Cl)c(C(=O)NCCCN2CCN(c3cccc(C)c3)CC2)n1. The third kappa shape index (κ3) is 6.31. The van der Waals surface area contributed by atoms with Crippen LogP contribution in [0.2, 0.25) is 5.02 Å². The molecule has 1 N–H and O–H groups in total. The number of anilines is 2. The molecule has 1 aliphatic rings. The van der Waals surface area contributed by atoms with Crippen molar-refractivity contribution >= 4 is 29.1 Å². The molecule has 2 heterocycles. The molecule has 1 saturated heterocycles. The zero-order chi connectivity index (χ0) is 22.2. The van der Waals surface area contributed by atoms with Crippen molar-refractivity contribution in [3.8, 4) is 0 Å². The molecule has 1 aliphatic heterocycles. The third-order valence-electron chi connectivity index (χ3n) is 5.67. The van der Waals surface area contributed by atoms with Crippen LogP contribution in [0.4, 0.5) is 11.6 Å². The first-order valence-corrected chi connectivity index (χ1v) is 11.5. The first-order chi connectivity index (χ1) is 15.0. The normalized spacial score (nSPS) is 14.5. The number of halogens is 1. The Morgan fingerprint density at radius 1 is 1.19 bits per heavy atom. The topological polar surface area (TPSA) is 64.6 Å². The molecule has 7 nitrogen and oxygen atoms in total. The number of hydrogen-bond acceptors (Lipinski definition) is 6. The highest BCUT2D eigenvalue weighted by Crippen LogP contribution is 2.18. The van der Waals surface area contributed by atoms with Gasteiger partial charge in [0.25, 0.3) is 5.91 Å². The highest BCUT2D eigenvalue weighted by molar-refractivity contribution is 6.33. The van der Waals surface area contributed by atoms with Gasteiger partial charge in [-0.1, -0.05) is 23.7 Å². The molecule has 31 heavy (non-hydrogen) atoms. The first kappa shape index (κ1) is 23.3. The predicted molar refractivity (Wildman–Crippen MR) is 127 cm³/mol. The average molecular weight is 445 g/mol. The summed E-state index contributed by atoms with van der Waals surface area (Å²) < 4.78 is 0. The Balaban J connectivity index is 1.42. The predicted octanol–water partition coefficient (Wildman–Crippen LogP) is 3.23. The van der Waals surface area contributed by atoms with Gasteiger partial charge in [-0.05, 0) is 51.4 Å². The van der Waals surface area contributed by atoms with Crippen molar-refractivity contribution in [3.63, 3.8) is 0 Å². The van der Waals surface area contributed by atoms with E-state index in [0.717, 1.165) is 52.2 Å². The van der Waals surface area contributed by atoms with E-state index in [9.17, 15) is 4.79 Å². The molecule has 168 valence electrons. The fourth-order valence-electron chi connectivity index (χ4n) is 3.82. The summed E-state index contributed by atoms with van der Waals surface area (Å²) in [6.07, 6.45) is 2.40. The molecule has 0 saturated carbocycles.